The van der Waals surface area contributed by atoms with E-state index in [1.54, 1.807) is 30.5 Å². The van der Waals surface area contributed by atoms with Crippen molar-refractivity contribution in [3.8, 4) is 28.6 Å². The highest BCUT2D eigenvalue weighted by Crippen LogP contribution is 2.40. The first-order valence-corrected chi connectivity index (χ1v) is 9.20. The normalized spacial score (nSPS) is 10.6. The maximum Gasteiger partial charge on any atom is 0.259 e. The Kier molecular flexibility index (Phi) is 5.26. The highest BCUT2D eigenvalue weighted by atomic mass is 16.5. The first-order chi connectivity index (χ1) is 14.6. The zero-order chi connectivity index (χ0) is 21.1. The Balaban J connectivity index is 1.57. The lowest BCUT2D eigenvalue weighted by Gasteiger charge is -2.15. The number of carbonyl (C=O) groups is 1. The van der Waals surface area contributed by atoms with Crippen molar-refractivity contribution in [1.29, 1.82) is 0 Å². The lowest BCUT2D eigenvalue weighted by Crippen LogP contribution is -2.14. The van der Waals surface area contributed by atoms with Crippen LogP contribution in [0.1, 0.15) is 10.4 Å². The van der Waals surface area contributed by atoms with Gasteiger partial charge in [-0.2, -0.15) is 0 Å². The van der Waals surface area contributed by atoms with Crippen LogP contribution in [0.2, 0.25) is 0 Å². The number of hydrogen-bond donors (Lipinski definition) is 1. The average molecular weight is 404 g/mol. The van der Waals surface area contributed by atoms with Crippen LogP contribution >= 0.6 is 0 Å². The molecule has 0 aliphatic carbocycles. The molecule has 2 aromatic heterocycles. The summed E-state index contributed by atoms with van der Waals surface area (Å²) in [5.41, 5.74) is 2.44. The third-order valence-electron chi connectivity index (χ3n) is 4.67. The molecule has 4 rings (SSSR count). The summed E-state index contributed by atoms with van der Waals surface area (Å²) in [6.45, 7) is 0. The summed E-state index contributed by atoms with van der Waals surface area (Å²) in [6.07, 6.45) is 1.69. The lowest BCUT2D eigenvalue weighted by atomic mass is 10.1. The second-order valence-electron chi connectivity index (χ2n) is 6.42. The van der Waals surface area contributed by atoms with E-state index in [2.05, 4.69) is 10.3 Å². The Morgan fingerprint density at radius 3 is 2.37 bits per heavy atom. The Bertz CT molecular complexity index is 1170. The standard InChI is InChI=1S/C23H20N2O5/c1-27-18-11-10-17(20(28-2)21(18)29-3)22(26)25-16-8-6-14(7-9-16)19-13-15-5-4-12-24-23(15)30-19/h4-13H,1-3H3,(H,25,26). The van der Waals surface area contributed by atoms with Crippen molar-refractivity contribution >= 4 is 22.7 Å². The number of rotatable bonds is 6. The average Bonchev–Trinajstić information content (AvgIpc) is 3.22. The molecule has 2 aromatic carbocycles. The smallest absolute Gasteiger partial charge is 0.259 e. The van der Waals surface area contributed by atoms with Gasteiger partial charge in [-0.05, 0) is 54.6 Å². The van der Waals surface area contributed by atoms with Gasteiger partial charge in [0.2, 0.25) is 11.5 Å². The number of benzene rings is 2. The largest absolute Gasteiger partial charge is 0.493 e. The molecule has 0 fully saturated rings. The van der Waals surface area contributed by atoms with Crippen molar-refractivity contribution in [1.82, 2.24) is 4.98 Å². The minimum absolute atomic E-state index is 0.306. The summed E-state index contributed by atoms with van der Waals surface area (Å²) in [5.74, 6) is 1.54. The van der Waals surface area contributed by atoms with Gasteiger partial charge in [-0.15, -0.1) is 0 Å². The number of ether oxygens (including phenoxy) is 3. The van der Waals surface area contributed by atoms with Gasteiger partial charge in [0.25, 0.3) is 5.91 Å². The van der Waals surface area contributed by atoms with Gasteiger partial charge >= 0.3 is 0 Å². The lowest BCUT2D eigenvalue weighted by molar-refractivity contribution is 0.102. The van der Waals surface area contributed by atoms with Gasteiger partial charge in [-0.25, -0.2) is 4.98 Å². The molecule has 0 spiro atoms. The van der Waals surface area contributed by atoms with Gasteiger partial charge in [-0.3, -0.25) is 4.79 Å². The number of aromatic nitrogens is 1. The van der Waals surface area contributed by atoms with Crippen LogP contribution in [0.4, 0.5) is 5.69 Å². The van der Waals surface area contributed by atoms with Crippen molar-refractivity contribution in [3.05, 3.63) is 66.4 Å². The van der Waals surface area contributed by atoms with Crippen LogP contribution in [0.3, 0.4) is 0 Å². The van der Waals surface area contributed by atoms with Gasteiger partial charge in [0, 0.05) is 22.8 Å². The maximum absolute atomic E-state index is 12.8. The van der Waals surface area contributed by atoms with Crippen LogP contribution in [0.15, 0.2) is 65.2 Å². The molecule has 30 heavy (non-hydrogen) atoms. The molecule has 0 atom stereocenters. The highest BCUT2D eigenvalue weighted by Gasteiger charge is 2.20. The summed E-state index contributed by atoms with van der Waals surface area (Å²) in [5, 5.41) is 3.80. The van der Waals surface area contributed by atoms with Crippen LogP contribution < -0.4 is 19.5 Å². The number of amides is 1. The van der Waals surface area contributed by atoms with Crippen LogP contribution in [-0.4, -0.2) is 32.2 Å². The Morgan fingerprint density at radius 1 is 0.933 bits per heavy atom. The number of anilines is 1. The van der Waals surface area contributed by atoms with Crippen LogP contribution in [0.5, 0.6) is 17.2 Å². The Morgan fingerprint density at radius 2 is 1.70 bits per heavy atom. The van der Waals surface area contributed by atoms with E-state index in [1.165, 1.54) is 21.3 Å². The molecule has 0 radical (unpaired) electrons. The molecular weight excluding hydrogens is 384 g/mol. The van der Waals surface area contributed by atoms with Crippen molar-refractivity contribution in [3.63, 3.8) is 0 Å². The summed E-state index contributed by atoms with van der Waals surface area (Å²) < 4.78 is 21.8. The Hall–Kier alpha value is -4.00. The molecule has 1 amide bonds. The fourth-order valence-corrected chi connectivity index (χ4v) is 3.21. The van der Waals surface area contributed by atoms with Crippen molar-refractivity contribution in [2.75, 3.05) is 26.6 Å². The number of hydrogen-bond acceptors (Lipinski definition) is 6. The first kappa shape index (κ1) is 19.3. The van der Waals surface area contributed by atoms with E-state index in [0.29, 0.717) is 40.0 Å². The SMILES string of the molecule is COc1ccc(C(=O)Nc2ccc(-c3cc4cccnc4o3)cc2)c(OC)c1OC. The fraction of sp³-hybridized carbons (Fsp3) is 0.130. The summed E-state index contributed by atoms with van der Waals surface area (Å²) >= 11 is 0. The van der Waals surface area contributed by atoms with E-state index < -0.39 is 0 Å². The molecule has 4 aromatic rings. The molecule has 152 valence electrons. The molecule has 0 aliphatic heterocycles. The molecule has 0 saturated carbocycles. The van der Waals surface area contributed by atoms with Crippen molar-refractivity contribution in [2.45, 2.75) is 0 Å². The molecule has 7 heteroatoms. The number of pyridine rings is 1. The van der Waals surface area contributed by atoms with Gasteiger partial charge < -0.3 is 23.9 Å². The second kappa shape index (κ2) is 8.16. The zero-order valence-corrected chi connectivity index (χ0v) is 16.8. The minimum Gasteiger partial charge on any atom is -0.493 e. The molecular formula is C23H20N2O5. The predicted octanol–water partition coefficient (Wildman–Crippen LogP) is 4.77. The van der Waals surface area contributed by atoms with E-state index >= 15 is 0 Å². The number of fused-ring (bicyclic) bond motifs is 1. The number of carbonyl (C=O) groups excluding carboxylic acids is 1. The number of methoxy groups -OCH3 is 3. The zero-order valence-electron chi connectivity index (χ0n) is 16.8. The van der Waals surface area contributed by atoms with Crippen LogP contribution in [-0.2, 0) is 0 Å². The molecule has 0 saturated heterocycles. The third-order valence-corrected chi connectivity index (χ3v) is 4.67. The molecule has 2 heterocycles. The van der Waals surface area contributed by atoms with Crippen molar-refractivity contribution < 1.29 is 23.4 Å². The van der Waals surface area contributed by atoms with Gasteiger partial charge in [0.15, 0.2) is 11.5 Å². The first-order valence-electron chi connectivity index (χ1n) is 9.20. The molecule has 0 aliphatic rings. The van der Waals surface area contributed by atoms with Crippen LogP contribution in [0, 0.1) is 0 Å². The molecule has 0 unspecified atom stereocenters. The maximum atomic E-state index is 12.8. The van der Waals surface area contributed by atoms with E-state index in [9.17, 15) is 4.79 Å². The summed E-state index contributed by atoms with van der Waals surface area (Å²) in [6, 6.07) is 16.4. The molecule has 7 nitrogen and oxygen atoms in total. The topological polar surface area (TPSA) is 82.8 Å². The van der Waals surface area contributed by atoms with E-state index in [0.717, 1.165) is 10.9 Å². The minimum atomic E-state index is -0.325. The summed E-state index contributed by atoms with van der Waals surface area (Å²) in [7, 11) is 4.50. The number of nitrogens with zero attached hydrogens (tertiary/aromatic N) is 1. The fourth-order valence-electron chi connectivity index (χ4n) is 3.21. The highest BCUT2D eigenvalue weighted by molar-refractivity contribution is 6.07. The molecule has 1 N–H and O–H groups in total. The van der Waals surface area contributed by atoms with Crippen molar-refractivity contribution in [2.24, 2.45) is 0 Å². The Labute approximate surface area is 173 Å². The van der Waals surface area contributed by atoms with E-state index in [1.807, 2.05) is 30.3 Å². The monoisotopic (exact) mass is 404 g/mol. The quantitative estimate of drug-likeness (QED) is 0.498. The van der Waals surface area contributed by atoms with E-state index in [-0.39, 0.29) is 5.91 Å². The number of nitrogens with one attached hydrogen (secondary N) is 1. The van der Waals surface area contributed by atoms with E-state index in [4.69, 9.17) is 18.6 Å². The van der Waals surface area contributed by atoms with Crippen LogP contribution in [0.25, 0.3) is 22.4 Å². The molecule has 0 bridgehead atoms. The van der Waals surface area contributed by atoms with Gasteiger partial charge in [0.1, 0.15) is 5.76 Å². The van der Waals surface area contributed by atoms with Gasteiger partial charge in [0.05, 0.1) is 26.9 Å². The van der Waals surface area contributed by atoms with Gasteiger partial charge in [-0.1, -0.05) is 0 Å². The number of furan rings is 1. The third kappa shape index (κ3) is 3.53. The summed E-state index contributed by atoms with van der Waals surface area (Å²) in [4.78, 5) is 17.0. The second-order valence-corrected chi connectivity index (χ2v) is 6.42. The predicted molar refractivity (Wildman–Crippen MR) is 113 cm³/mol.